The second kappa shape index (κ2) is 12.5. The van der Waals surface area contributed by atoms with E-state index in [1.165, 1.54) is 43.4 Å². The summed E-state index contributed by atoms with van der Waals surface area (Å²) in [5, 5.41) is 4.47. The maximum Gasteiger partial charge on any atom is -1.00 e. The SMILES string of the molecule is CC1=C(C)[C]([Ti+3])([Si](c2ccccc2)(c2ccccc2)c2cccc(C(C)C)c2)C(C)=C1C.[Cl-].[Cl-].[Cl-]. The smallest absolute Gasteiger partial charge is 1.00 e. The maximum absolute atomic E-state index is 2.53. The van der Waals surface area contributed by atoms with Crippen LogP contribution >= 0.6 is 0 Å². The normalized spacial score (nSPS) is 14.9. The fourth-order valence-electron chi connectivity index (χ4n) is 5.63. The monoisotopic (exact) mass is 574 g/mol. The van der Waals surface area contributed by atoms with E-state index in [0.29, 0.717) is 5.92 Å². The quantitative estimate of drug-likeness (QED) is 0.228. The second-order valence-corrected chi connectivity index (χ2v) is 15.4. The Balaban J connectivity index is 0.00000204. The summed E-state index contributed by atoms with van der Waals surface area (Å²) in [6.07, 6.45) is 0. The van der Waals surface area contributed by atoms with Gasteiger partial charge in [0.2, 0.25) is 0 Å². The van der Waals surface area contributed by atoms with Gasteiger partial charge in [-0.3, -0.25) is 0 Å². The summed E-state index contributed by atoms with van der Waals surface area (Å²) >= 11 is 2.53. The van der Waals surface area contributed by atoms with Crippen LogP contribution in [0.1, 0.15) is 53.0 Å². The van der Waals surface area contributed by atoms with Gasteiger partial charge in [0.1, 0.15) is 0 Å². The minimum absolute atomic E-state index is 0. The van der Waals surface area contributed by atoms with Crippen molar-refractivity contribution in [1.82, 2.24) is 0 Å². The van der Waals surface area contributed by atoms with E-state index in [0.717, 1.165) is 0 Å². The Morgan fingerprint density at radius 1 is 0.600 bits per heavy atom. The largest absolute Gasteiger partial charge is 1.00 e. The van der Waals surface area contributed by atoms with E-state index >= 15 is 0 Å². The molecule has 3 aromatic rings. The zero-order valence-electron chi connectivity index (χ0n) is 21.3. The van der Waals surface area contributed by atoms with Gasteiger partial charge in [-0.15, -0.1) is 0 Å². The van der Waals surface area contributed by atoms with Crippen molar-refractivity contribution in [2.75, 3.05) is 0 Å². The molecule has 0 aromatic heterocycles. The van der Waals surface area contributed by atoms with Crippen molar-refractivity contribution in [1.29, 1.82) is 0 Å². The third kappa shape index (κ3) is 4.93. The first-order valence-electron chi connectivity index (χ1n) is 11.6. The minimum atomic E-state index is -2.52. The van der Waals surface area contributed by atoms with Gasteiger partial charge in [-0.1, -0.05) is 0 Å². The third-order valence-electron chi connectivity index (χ3n) is 7.77. The van der Waals surface area contributed by atoms with Gasteiger partial charge in [-0.05, 0) is 0 Å². The molecule has 0 saturated heterocycles. The predicted molar refractivity (Wildman–Crippen MR) is 138 cm³/mol. The molecule has 0 bridgehead atoms. The Labute approximate surface area is 243 Å². The maximum atomic E-state index is 2.53. The number of rotatable bonds is 5. The van der Waals surface area contributed by atoms with Crippen molar-refractivity contribution >= 4 is 23.6 Å². The van der Waals surface area contributed by atoms with Crippen molar-refractivity contribution in [2.24, 2.45) is 0 Å². The first-order chi connectivity index (χ1) is 15.3. The van der Waals surface area contributed by atoms with Gasteiger partial charge in [0, 0.05) is 0 Å². The molecule has 0 spiro atoms. The van der Waals surface area contributed by atoms with Crippen LogP contribution in [0, 0.1) is 0 Å². The average Bonchev–Trinajstić information content (AvgIpc) is 2.97. The number of benzene rings is 3. The zero-order chi connectivity index (χ0) is 23.1. The van der Waals surface area contributed by atoms with Crippen LogP contribution in [0.15, 0.2) is 107 Å². The Kier molecular flexibility index (Phi) is 11.4. The number of allylic oxidation sites excluding steroid dienone is 4. The van der Waals surface area contributed by atoms with Crippen molar-refractivity contribution in [2.45, 2.75) is 50.8 Å². The summed E-state index contributed by atoms with van der Waals surface area (Å²) in [6.45, 7) is 14.0. The number of halogens is 3. The van der Waals surface area contributed by atoms with Gasteiger partial charge in [-0.25, -0.2) is 0 Å². The van der Waals surface area contributed by atoms with Crippen molar-refractivity contribution in [3.05, 3.63) is 113 Å². The van der Waals surface area contributed by atoms with Crippen LogP contribution in [-0.2, 0) is 20.4 Å². The molecule has 0 saturated carbocycles. The van der Waals surface area contributed by atoms with Crippen molar-refractivity contribution in [3.63, 3.8) is 0 Å². The van der Waals surface area contributed by atoms with E-state index in [1.807, 2.05) is 0 Å². The fourth-order valence-corrected chi connectivity index (χ4v) is 14.2. The molecule has 3 aromatic carbocycles. The van der Waals surface area contributed by atoms with Crippen LogP contribution in [0.5, 0.6) is 0 Å². The molecule has 1 aliphatic rings. The molecule has 0 aliphatic heterocycles. The summed E-state index contributed by atoms with van der Waals surface area (Å²) in [5.41, 5.74) is 7.41. The Morgan fingerprint density at radius 3 is 1.40 bits per heavy atom. The van der Waals surface area contributed by atoms with Crippen LogP contribution < -0.4 is 52.8 Å². The van der Waals surface area contributed by atoms with Gasteiger partial charge < -0.3 is 37.2 Å². The standard InChI is InChI=1S/C30H33Si.3ClH.Ti/c1-21(2)26-14-13-19-29(20-26)31(27-15-9-7-10-16-27,28-17-11-8-12-18-28)30-24(5)22(3)23(4)25(30)6;;;;/h7-21H,1-6H3;3*1H;/q;;;;+3/p-3. The van der Waals surface area contributed by atoms with Gasteiger partial charge in [0.15, 0.2) is 0 Å². The van der Waals surface area contributed by atoms with E-state index < -0.39 is 8.07 Å². The van der Waals surface area contributed by atoms with Crippen LogP contribution in [0.25, 0.3) is 0 Å². The summed E-state index contributed by atoms with van der Waals surface area (Å²) in [6, 6.07) is 32.2. The minimum Gasteiger partial charge on any atom is -1.00 e. The molecule has 4 rings (SSSR count). The molecule has 0 heterocycles. The Hall–Kier alpha value is -1.06. The van der Waals surface area contributed by atoms with Crippen LogP contribution in [0.4, 0.5) is 0 Å². The molecule has 0 amide bonds. The molecule has 0 N–H and O–H groups in total. The van der Waals surface area contributed by atoms with E-state index in [2.05, 4.69) is 147 Å². The molecule has 0 fully saturated rings. The van der Waals surface area contributed by atoms with Gasteiger partial charge in [-0.2, -0.15) is 0 Å². The van der Waals surface area contributed by atoms with Gasteiger partial charge in [0.25, 0.3) is 0 Å². The van der Waals surface area contributed by atoms with Crippen molar-refractivity contribution < 1.29 is 57.7 Å². The number of hydrogen-bond acceptors (Lipinski definition) is 0. The topological polar surface area (TPSA) is 0 Å². The summed E-state index contributed by atoms with van der Waals surface area (Å²) in [4.78, 5) is 0. The zero-order valence-corrected chi connectivity index (χ0v) is 26.1. The molecular formula is C30H33Cl3SiTi. The molecule has 1 aliphatic carbocycles. The first kappa shape index (κ1) is 32.0. The van der Waals surface area contributed by atoms with E-state index in [-0.39, 0.29) is 40.6 Å². The van der Waals surface area contributed by atoms with Gasteiger partial charge >= 0.3 is 208 Å². The molecular weight excluding hydrogens is 543 g/mol. The molecule has 5 heteroatoms. The molecule has 0 unspecified atom stereocenters. The van der Waals surface area contributed by atoms with Crippen molar-refractivity contribution in [3.8, 4) is 0 Å². The molecule has 0 radical (unpaired) electrons. The molecule has 0 atom stereocenters. The molecule has 182 valence electrons. The summed E-state index contributed by atoms with van der Waals surface area (Å²) in [5.74, 6) is 0.501. The Morgan fingerprint density at radius 2 is 1.00 bits per heavy atom. The summed E-state index contributed by atoms with van der Waals surface area (Å²) < 4.78 is -0.0422. The Bertz CT molecular complexity index is 1140. The van der Waals surface area contributed by atoms with Gasteiger partial charge in [0.05, 0.1) is 0 Å². The third-order valence-corrected chi connectivity index (χ3v) is 16.2. The fraction of sp³-hybridized carbons (Fsp3) is 0.267. The van der Waals surface area contributed by atoms with Crippen LogP contribution in [-0.4, -0.2) is 8.07 Å². The van der Waals surface area contributed by atoms with Crippen LogP contribution in [0.3, 0.4) is 0 Å². The molecule has 0 nitrogen and oxygen atoms in total. The second-order valence-electron chi connectivity index (χ2n) is 9.51. The number of hydrogen-bond donors (Lipinski definition) is 0. The summed E-state index contributed by atoms with van der Waals surface area (Å²) in [7, 11) is -2.52. The first-order valence-corrected chi connectivity index (χ1v) is 14.4. The van der Waals surface area contributed by atoms with E-state index in [9.17, 15) is 0 Å². The molecule has 35 heavy (non-hydrogen) atoms. The van der Waals surface area contributed by atoms with Crippen LogP contribution in [0.2, 0.25) is 3.34 Å². The van der Waals surface area contributed by atoms with E-state index in [1.54, 1.807) is 0 Å². The average molecular weight is 576 g/mol. The predicted octanol–water partition coefficient (Wildman–Crippen LogP) is -2.78. The van der Waals surface area contributed by atoms with E-state index in [4.69, 9.17) is 0 Å².